The number of carboxylic acids is 1. The van der Waals surface area contributed by atoms with Crippen molar-refractivity contribution in [3.63, 3.8) is 0 Å². The second kappa shape index (κ2) is 5.40. The smallest absolute Gasteiger partial charge is 0.337 e. The quantitative estimate of drug-likeness (QED) is 0.868. The lowest BCUT2D eigenvalue weighted by Crippen LogP contribution is -2.15. The van der Waals surface area contributed by atoms with Crippen LogP contribution in [-0.4, -0.2) is 28.6 Å². The highest BCUT2D eigenvalue weighted by atomic mass is 32.2. The van der Waals surface area contributed by atoms with Crippen LogP contribution in [0, 0.1) is 5.82 Å². The zero-order valence-corrected chi connectivity index (χ0v) is 10.1. The second-order valence-corrected chi connectivity index (χ2v) is 5.42. The molecule has 0 bridgehead atoms. The third-order valence-corrected chi connectivity index (χ3v) is 4.15. The maximum Gasteiger partial charge on any atom is 0.337 e. The molecule has 17 heavy (non-hydrogen) atoms. The molecule has 5 heteroatoms. The van der Waals surface area contributed by atoms with Crippen LogP contribution in [0.3, 0.4) is 0 Å². The monoisotopic (exact) mass is 255 g/mol. The van der Waals surface area contributed by atoms with Gasteiger partial charge in [-0.3, -0.25) is 0 Å². The van der Waals surface area contributed by atoms with Gasteiger partial charge in [-0.25, -0.2) is 9.18 Å². The van der Waals surface area contributed by atoms with E-state index in [1.807, 2.05) is 11.8 Å². The van der Waals surface area contributed by atoms with Crippen LogP contribution in [0.5, 0.6) is 0 Å². The molecule has 0 aromatic heterocycles. The summed E-state index contributed by atoms with van der Waals surface area (Å²) in [6.45, 7) is 0.733. The normalized spacial score (nSPS) is 19.2. The van der Waals surface area contributed by atoms with Gasteiger partial charge in [-0.05, 0) is 36.8 Å². The highest BCUT2D eigenvalue weighted by Gasteiger charge is 2.17. The largest absolute Gasteiger partial charge is 0.478 e. The van der Waals surface area contributed by atoms with Crippen LogP contribution in [0.1, 0.15) is 23.2 Å². The van der Waals surface area contributed by atoms with E-state index in [0.29, 0.717) is 10.9 Å². The van der Waals surface area contributed by atoms with E-state index in [9.17, 15) is 9.18 Å². The van der Waals surface area contributed by atoms with Gasteiger partial charge in [0, 0.05) is 17.5 Å². The van der Waals surface area contributed by atoms with Gasteiger partial charge < -0.3 is 10.4 Å². The SMILES string of the molecule is O=C(O)c1cc(F)ccc1NCC1CCCS1. The lowest BCUT2D eigenvalue weighted by Gasteiger charge is -2.13. The van der Waals surface area contributed by atoms with Crippen LogP contribution in [0.25, 0.3) is 0 Å². The summed E-state index contributed by atoms with van der Waals surface area (Å²) in [7, 11) is 0. The van der Waals surface area contributed by atoms with Crippen LogP contribution >= 0.6 is 11.8 Å². The number of aromatic carboxylic acids is 1. The summed E-state index contributed by atoms with van der Waals surface area (Å²) in [6.07, 6.45) is 2.37. The third kappa shape index (κ3) is 3.12. The van der Waals surface area contributed by atoms with Crippen molar-refractivity contribution in [2.75, 3.05) is 17.6 Å². The van der Waals surface area contributed by atoms with E-state index >= 15 is 0 Å². The topological polar surface area (TPSA) is 49.3 Å². The van der Waals surface area contributed by atoms with Crippen LogP contribution in [-0.2, 0) is 0 Å². The number of thioether (sulfide) groups is 1. The van der Waals surface area contributed by atoms with Crippen LogP contribution < -0.4 is 5.32 Å². The number of halogens is 1. The fourth-order valence-electron chi connectivity index (χ4n) is 1.88. The Morgan fingerprint density at radius 2 is 2.41 bits per heavy atom. The summed E-state index contributed by atoms with van der Waals surface area (Å²) in [5.74, 6) is -0.462. The maximum atomic E-state index is 13.0. The number of benzene rings is 1. The number of nitrogens with one attached hydrogen (secondary N) is 1. The molecule has 1 fully saturated rings. The number of hydrogen-bond acceptors (Lipinski definition) is 3. The van der Waals surface area contributed by atoms with E-state index in [1.54, 1.807) is 0 Å². The molecule has 3 nitrogen and oxygen atoms in total. The molecule has 0 saturated carbocycles. The summed E-state index contributed by atoms with van der Waals surface area (Å²) >= 11 is 1.90. The van der Waals surface area contributed by atoms with Crippen molar-refractivity contribution in [2.24, 2.45) is 0 Å². The molecule has 1 aromatic carbocycles. The minimum atomic E-state index is -1.11. The highest BCUT2D eigenvalue weighted by molar-refractivity contribution is 8.00. The summed E-state index contributed by atoms with van der Waals surface area (Å²) in [5, 5.41) is 12.6. The Morgan fingerprint density at radius 1 is 1.59 bits per heavy atom. The molecule has 0 aliphatic carbocycles. The van der Waals surface area contributed by atoms with Crippen molar-refractivity contribution in [2.45, 2.75) is 18.1 Å². The fraction of sp³-hybridized carbons (Fsp3) is 0.417. The highest BCUT2D eigenvalue weighted by Crippen LogP contribution is 2.27. The molecule has 92 valence electrons. The van der Waals surface area contributed by atoms with E-state index in [0.717, 1.165) is 19.0 Å². The Morgan fingerprint density at radius 3 is 3.06 bits per heavy atom. The first-order valence-electron chi connectivity index (χ1n) is 5.55. The van der Waals surface area contributed by atoms with Crippen LogP contribution in [0.15, 0.2) is 18.2 Å². The number of carbonyl (C=O) groups is 1. The average Bonchev–Trinajstić information content (AvgIpc) is 2.80. The Bertz CT molecular complexity index is 419. The number of carboxylic acid groups (broad SMARTS) is 1. The first-order valence-corrected chi connectivity index (χ1v) is 6.60. The molecule has 1 aliphatic rings. The lowest BCUT2D eigenvalue weighted by molar-refractivity contribution is 0.0697. The van der Waals surface area contributed by atoms with E-state index in [-0.39, 0.29) is 5.56 Å². The zero-order chi connectivity index (χ0) is 12.3. The van der Waals surface area contributed by atoms with E-state index in [4.69, 9.17) is 5.11 Å². The van der Waals surface area contributed by atoms with Crippen molar-refractivity contribution in [3.05, 3.63) is 29.6 Å². The van der Waals surface area contributed by atoms with Gasteiger partial charge in [0.25, 0.3) is 0 Å². The summed E-state index contributed by atoms with van der Waals surface area (Å²) in [4.78, 5) is 11.0. The molecule has 1 aliphatic heterocycles. The van der Waals surface area contributed by atoms with Crippen molar-refractivity contribution < 1.29 is 14.3 Å². The van der Waals surface area contributed by atoms with Gasteiger partial charge in [-0.15, -0.1) is 0 Å². The van der Waals surface area contributed by atoms with E-state index in [2.05, 4.69) is 5.32 Å². The molecule has 2 rings (SSSR count). The lowest BCUT2D eigenvalue weighted by atomic mass is 10.1. The summed E-state index contributed by atoms with van der Waals surface area (Å²) < 4.78 is 13.0. The number of hydrogen-bond donors (Lipinski definition) is 2. The molecule has 1 unspecified atom stereocenters. The Labute approximate surface area is 103 Å². The van der Waals surface area contributed by atoms with Gasteiger partial charge in [-0.2, -0.15) is 11.8 Å². The molecule has 0 spiro atoms. The number of anilines is 1. The molecule has 1 aromatic rings. The van der Waals surface area contributed by atoms with Crippen molar-refractivity contribution in [1.82, 2.24) is 0 Å². The van der Waals surface area contributed by atoms with Gasteiger partial charge in [0.15, 0.2) is 0 Å². The average molecular weight is 255 g/mol. The van der Waals surface area contributed by atoms with Crippen LogP contribution in [0.2, 0.25) is 0 Å². The predicted octanol–water partition coefficient (Wildman–Crippen LogP) is 2.83. The first-order chi connectivity index (χ1) is 8.16. The standard InChI is InChI=1S/C12H14FNO2S/c13-8-3-4-11(10(6-8)12(15)16)14-7-9-2-1-5-17-9/h3-4,6,9,14H,1-2,5,7H2,(H,15,16). The van der Waals surface area contributed by atoms with Crippen LogP contribution in [0.4, 0.5) is 10.1 Å². The van der Waals surface area contributed by atoms with Crippen molar-refractivity contribution in [1.29, 1.82) is 0 Å². The second-order valence-electron chi connectivity index (χ2n) is 4.01. The van der Waals surface area contributed by atoms with Crippen molar-refractivity contribution >= 4 is 23.4 Å². The Hall–Kier alpha value is -1.23. The summed E-state index contributed by atoms with van der Waals surface area (Å²) in [5.41, 5.74) is 0.486. The molecular formula is C12H14FNO2S. The Kier molecular flexibility index (Phi) is 3.89. The molecule has 1 heterocycles. The van der Waals surface area contributed by atoms with Gasteiger partial charge in [0.1, 0.15) is 5.82 Å². The molecular weight excluding hydrogens is 241 g/mol. The minimum absolute atomic E-state index is 0.00648. The third-order valence-electron chi connectivity index (χ3n) is 2.76. The van der Waals surface area contributed by atoms with Gasteiger partial charge in [0.2, 0.25) is 0 Å². The fourth-order valence-corrected chi connectivity index (χ4v) is 3.08. The van der Waals surface area contributed by atoms with E-state index in [1.165, 1.54) is 24.3 Å². The maximum absolute atomic E-state index is 13.0. The van der Waals surface area contributed by atoms with Gasteiger partial charge >= 0.3 is 5.97 Å². The van der Waals surface area contributed by atoms with Gasteiger partial charge in [0.05, 0.1) is 5.56 Å². The number of rotatable bonds is 4. The molecule has 0 radical (unpaired) electrons. The van der Waals surface area contributed by atoms with Gasteiger partial charge in [-0.1, -0.05) is 0 Å². The first kappa shape index (κ1) is 12.2. The molecule has 1 atom stereocenters. The summed E-state index contributed by atoms with van der Waals surface area (Å²) in [6, 6.07) is 3.81. The molecule has 2 N–H and O–H groups in total. The predicted molar refractivity (Wildman–Crippen MR) is 67.3 cm³/mol. The zero-order valence-electron chi connectivity index (χ0n) is 9.28. The minimum Gasteiger partial charge on any atom is -0.478 e. The molecule has 0 amide bonds. The Balaban J connectivity index is 2.06. The molecule has 1 saturated heterocycles. The van der Waals surface area contributed by atoms with E-state index < -0.39 is 11.8 Å². The van der Waals surface area contributed by atoms with Crippen molar-refractivity contribution in [3.8, 4) is 0 Å².